The van der Waals surface area contributed by atoms with Crippen molar-refractivity contribution in [2.75, 3.05) is 11.1 Å². The predicted octanol–water partition coefficient (Wildman–Crippen LogP) is 3.42. The predicted molar refractivity (Wildman–Crippen MR) is 91.3 cm³/mol. The minimum absolute atomic E-state index is 0.0215. The van der Waals surface area contributed by atoms with Crippen molar-refractivity contribution < 1.29 is 4.79 Å². The Morgan fingerprint density at radius 1 is 1.30 bits per heavy atom. The summed E-state index contributed by atoms with van der Waals surface area (Å²) in [5, 5.41) is 7.49. The SMILES string of the molecule is Nc1ncnc(Nc2cc3c(s2)C(=O)NC32CCCCC2)c1Cl. The maximum atomic E-state index is 12.3. The van der Waals surface area contributed by atoms with Gasteiger partial charge in [-0.25, -0.2) is 9.97 Å². The summed E-state index contributed by atoms with van der Waals surface area (Å²) < 4.78 is 0. The molecule has 2 aromatic heterocycles. The van der Waals surface area contributed by atoms with E-state index >= 15 is 0 Å². The highest BCUT2D eigenvalue weighted by Crippen LogP contribution is 2.47. The Balaban J connectivity index is 1.68. The highest BCUT2D eigenvalue weighted by molar-refractivity contribution is 7.18. The number of hydrogen-bond acceptors (Lipinski definition) is 6. The zero-order valence-corrected chi connectivity index (χ0v) is 13.9. The van der Waals surface area contributed by atoms with Crippen LogP contribution in [0.5, 0.6) is 0 Å². The molecule has 0 aromatic carbocycles. The first kappa shape index (κ1) is 14.7. The number of rotatable bonds is 2. The molecule has 6 nitrogen and oxygen atoms in total. The third-order valence-corrected chi connectivity index (χ3v) is 5.99. The molecule has 0 unspecified atom stereocenters. The minimum Gasteiger partial charge on any atom is -0.382 e. The third-order valence-electron chi connectivity index (χ3n) is 4.57. The van der Waals surface area contributed by atoms with E-state index < -0.39 is 0 Å². The van der Waals surface area contributed by atoms with Crippen LogP contribution in [-0.4, -0.2) is 15.9 Å². The average molecular weight is 350 g/mol. The van der Waals surface area contributed by atoms with E-state index in [2.05, 4.69) is 20.6 Å². The Hall–Kier alpha value is -1.86. The minimum atomic E-state index is -0.185. The van der Waals surface area contributed by atoms with Crippen LogP contribution in [-0.2, 0) is 5.54 Å². The number of amides is 1. The van der Waals surface area contributed by atoms with Gasteiger partial charge in [0.15, 0.2) is 5.82 Å². The van der Waals surface area contributed by atoms with Gasteiger partial charge in [-0.05, 0) is 18.9 Å². The highest BCUT2D eigenvalue weighted by atomic mass is 35.5. The fraction of sp³-hybridized carbons (Fsp3) is 0.400. The van der Waals surface area contributed by atoms with Gasteiger partial charge >= 0.3 is 0 Å². The molecule has 0 atom stereocenters. The van der Waals surface area contributed by atoms with Crippen LogP contribution in [0.25, 0.3) is 0 Å². The first-order valence-corrected chi connectivity index (χ1v) is 8.78. The van der Waals surface area contributed by atoms with Gasteiger partial charge in [0, 0.05) is 5.56 Å². The van der Waals surface area contributed by atoms with Gasteiger partial charge in [0.05, 0.1) is 15.4 Å². The Bertz CT molecular complexity index is 784. The van der Waals surface area contributed by atoms with Crippen molar-refractivity contribution in [3.05, 3.63) is 27.9 Å². The van der Waals surface area contributed by atoms with Crippen molar-refractivity contribution in [1.82, 2.24) is 15.3 Å². The number of hydrogen-bond donors (Lipinski definition) is 3. The molecule has 1 aliphatic carbocycles. The number of fused-ring (bicyclic) bond motifs is 2. The second kappa shape index (κ2) is 5.35. The summed E-state index contributed by atoms with van der Waals surface area (Å²) >= 11 is 7.55. The number of halogens is 1. The molecule has 2 aromatic rings. The van der Waals surface area contributed by atoms with Gasteiger partial charge in [-0.15, -0.1) is 11.3 Å². The molecule has 0 radical (unpaired) electrons. The largest absolute Gasteiger partial charge is 0.382 e. The van der Waals surface area contributed by atoms with Crippen molar-refractivity contribution in [2.45, 2.75) is 37.6 Å². The van der Waals surface area contributed by atoms with Gasteiger partial charge in [-0.3, -0.25) is 4.79 Å². The lowest BCUT2D eigenvalue weighted by Crippen LogP contribution is -2.40. The Morgan fingerprint density at radius 3 is 2.87 bits per heavy atom. The maximum Gasteiger partial charge on any atom is 0.262 e. The van der Waals surface area contributed by atoms with Crippen molar-refractivity contribution in [2.24, 2.45) is 0 Å². The molecule has 1 spiro atoms. The molecule has 1 amide bonds. The lowest BCUT2D eigenvalue weighted by Gasteiger charge is -2.33. The van der Waals surface area contributed by atoms with Crippen LogP contribution in [0.4, 0.5) is 16.6 Å². The topological polar surface area (TPSA) is 92.9 Å². The van der Waals surface area contributed by atoms with E-state index in [9.17, 15) is 4.79 Å². The van der Waals surface area contributed by atoms with Crippen molar-refractivity contribution in [1.29, 1.82) is 0 Å². The monoisotopic (exact) mass is 349 g/mol. The van der Waals surface area contributed by atoms with E-state index in [0.717, 1.165) is 41.1 Å². The van der Waals surface area contributed by atoms with Crippen LogP contribution < -0.4 is 16.4 Å². The van der Waals surface area contributed by atoms with Crippen molar-refractivity contribution in [3.8, 4) is 0 Å². The number of carbonyl (C=O) groups is 1. The van der Waals surface area contributed by atoms with Crippen LogP contribution >= 0.6 is 22.9 Å². The number of nitrogen functional groups attached to an aromatic ring is 1. The summed E-state index contributed by atoms with van der Waals surface area (Å²) in [6, 6.07) is 2.04. The number of thiophene rings is 1. The second-order valence-corrected chi connectivity index (χ2v) is 7.43. The second-order valence-electron chi connectivity index (χ2n) is 6.00. The summed E-state index contributed by atoms with van der Waals surface area (Å²) in [5.74, 6) is 0.709. The fourth-order valence-corrected chi connectivity index (χ4v) is 4.65. The van der Waals surface area contributed by atoms with Crippen LogP contribution in [0.1, 0.15) is 47.3 Å². The molecule has 4 N–H and O–H groups in total. The standard InChI is InChI=1S/C15H16ClN5OS/c16-10-12(17)18-7-19-13(10)20-9-6-8-11(23-9)14(22)21-15(8)4-2-1-3-5-15/h6-7H,1-5H2,(H,21,22)(H3,17,18,19,20). The Kier molecular flexibility index (Phi) is 3.42. The molecule has 1 saturated carbocycles. The molecule has 1 aliphatic heterocycles. The molecule has 4 rings (SSSR count). The normalized spacial score (nSPS) is 18.7. The quantitative estimate of drug-likeness (QED) is 0.772. The van der Waals surface area contributed by atoms with E-state index in [1.54, 1.807) is 0 Å². The van der Waals surface area contributed by atoms with Crippen LogP contribution in [0.3, 0.4) is 0 Å². The summed E-state index contributed by atoms with van der Waals surface area (Å²) in [6.45, 7) is 0. The number of aromatic nitrogens is 2. The Morgan fingerprint density at radius 2 is 2.09 bits per heavy atom. The fourth-order valence-electron chi connectivity index (χ4n) is 3.46. The van der Waals surface area contributed by atoms with E-state index in [0.29, 0.717) is 5.82 Å². The first-order valence-electron chi connectivity index (χ1n) is 7.59. The average Bonchev–Trinajstić information content (AvgIpc) is 3.06. The van der Waals surface area contributed by atoms with Crippen molar-refractivity contribution >= 4 is 45.5 Å². The lowest BCUT2D eigenvalue weighted by molar-refractivity contribution is 0.0912. The Labute approximate surface area is 142 Å². The lowest BCUT2D eigenvalue weighted by atomic mass is 9.78. The summed E-state index contributed by atoms with van der Waals surface area (Å²) in [6.07, 6.45) is 6.89. The summed E-state index contributed by atoms with van der Waals surface area (Å²) in [5.41, 5.74) is 6.62. The number of nitrogens with two attached hydrogens (primary N) is 1. The molecule has 2 aliphatic rings. The van der Waals surface area contributed by atoms with Gasteiger partial charge < -0.3 is 16.4 Å². The number of nitrogens with one attached hydrogen (secondary N) is 2. The summed E-state index contributed by atoms with van der Waals surface area (Å²) in [7, 11) is 0. The van der Waals surface area contributed by atoms with Crippen LogP contribution in [0.15, 0.2) is 12.4 Å². The van der Waals surface area contributed by atoms with Crippen LogP contribution in [0, 0.1) is 0 Å². The van der Waals surface area contributed by atoms with Gasteiger partial charge in [-0.1, -0.05) is 30.9 Å². The smallest absolute Gasteiger partial charge is 0.262 e. The van der Waals surface area contributed by atoms with Gasteiger partial charge in [0.1, 0.15) is 17.2 Å². The van der Waals surface area contributed by atoms with E-state index in [4.69, 9.17) is 17.3 Å². The number of nitrogens with zero attached hydrogens (tertiary/aromatic N) is 2. The first-order chi connectivity index (χ1) is 11.1. The third kappa shape index (κ3) is 2.35. The maximum absolute atomic E-state index is 12.3. The number of carbonyl (C=O) groups excluding carboxylic acids is 1. The van der Waals surface area contributed by atoms with Gasteiger partial charge in [0.2, 0.25) is 0 Å². The molecule has 3 heterocycles. The van der Waals surface area contributed by atoms with Gasteiger partial charge in [-0.2, -0.15) is 0 Å². The molecule has 8 heteroatoms. The van der Waals surface area contributed by atoms with Gasteiger partial charge in [0.25, 0.3) is 5.91 Å². The van der Waals surface area contributed by atoms with Crippen molar-refractivity contribution in [3.63, 3.8) is 0 Å². The highest BCUT2D eigenvalue weighted by Gasteiger charge is 2.45. The zero-order chi connectivity index (χ0) is 16.0. The molecule has 120 valence electrons. The number of anilines is 3. The molecule has 0 bridgehead atoms. The molecule has 1 fully saturated rings. The molecular formula is C15H16ClN5OS. The summed E-state index contributed by atoms with van der Waals surface area (Å²) in [4.78, 5) is 21.1. The van der Waals surface area contributed by atoms with E-state index in [1.165, 1.54) is 24.1 Å². The van der Waals surface area contributed by atoms with E-state index in [-0.39, 0.29) is 22.3 Å². The van der Waals surface area contributed by atoms with E-state index in [1.807, 2.05) is 6.07 Å². The zero-order valence-electron chi connectivity index (χ0n) is 12.4. The van der Waals surface area contributed by atoms with Crippen LogP contribution in [0.2, 0.25) is 5.02 Å². The molecular weight excluding hydrogens is 334 g/mol. The molecule has 0 saturated heterocycles. The molecule has 23 heavy (non-hydrogen) atoms.